The summed E-state index contributed by atoms with van der Waals surface area (Å²) in [5, 5.41) is 9.04. The Kier molecular flexibility index (Phi) is 6.31. The maximum Gasteiger partial charge on any atom is 0.235 e. The number of carbonyl (C=O) groups excluding carboxylic acids is 1. The zero-order valence-electron chi connectivity index (χ0n) is 15.9. The first-order chi connectivity index (χ1) is 13.5. The van der Waals surface area contributed by atoms with E-state index in [1.807, 2.05) is 24.4 Å². The number of aromatic amines is 1. The molecule has 28 heavy (non-hydrogen) atoms. The molecule has 1 aromatic carbocycles. The van der Waals surface area contributed by atoms with Crippen LogP contribution in [-0.4, -0.2) is 30.2 Å². The number of aromatic nitrogens is 2. The van der Waals surface area contributed by atoms with Crippen LogP contribution in [0.15, 0.2) is 48.0 Å². The molecule has 6 nitrogen and oxygen atoms in total. The monoisotopic (exact) mass is 417 g/mol. The molecule has 0 aliphatic heterocycles. The lowest BCUT2D eigenvalue weighted by Crippen LogP contribution is -2.32. The summed E-state index contributed by atoms with van der Waals surface area (Å²) in [6.45, 7) is 3.75. The van der Waals surface area contributed by atoms with E-state index >= 15 is 0 Å². The first-order valence-electron chi connectivity index (χ1n) is 9.16. The minimum Gasteiger partial charge on any atom is -0.294 e. The average Bonchev–Trinajstić information content (AvgIpc) is 3.37. The Morgan fingerprint density at radius 3 is 2.54 bits per heavy atom. The number of nitrogens with zero attached hydrogens (tertiary/aromatic N) is 2. The number of Topliss-reactive ketones (excluding diaryl/α,β-unsaturated/α-hetero) is 1. The summed E-state index contributed by atoms with van der Waals surface area (Å²) in [5.41, 5.74) is 2.75. The van der Waals surface area contributed by atoms with Crippen LogP contribution >= 0.6 is 11.3 Å². The molecule has 0 saturated carbocycles. The lowest BCUT2D eigenvalue weighted by molar-refractivity contribution is 0.0982. The predicted octanol–water partition coefficient (Wildman–Crippen LogP) is 4.48. The number of rotatable bonds is 9. The summed E-state index contributed by atoms with van der Waals surface area (Å²) in [4.78, 5) is 13.1. The van der Waals surface area contributed by atoms with Gasteiger partial charge in [-0.15, -0.1) is 11.3 Å². The van der Waals surface area contributed by atoms with Crippen molar-refractivity contribution in [2.75, 3.05) is 10.1 Å². The van der Waals surface area contributed by atoms with Crippen LogP contribution in [0.5, 0.6) is 0 Å². The van der Waals surface area contributed by atoms with Gasteiger partial charge in [0.25, 0.3) is 0 Å². The molecule has 8 heteroatoms. The van der Waals surface area contributed by atoms with Crippen molar-refractivity contribution in [1.29, 1.82) is 0 Å². The van der Waals surface area contributed by atoms with Gasteiger partial charge in [0.2, 0.25) is 10.0 Å². The van der Waals surface area contributed by atoms with E-state index in [2.05, 4.69) is 10.2 Å². The third kappa shape index (κ3) is 4.34. The minimum absolute atomic E-state index is 0.0182. The third-order valence-electron chi connectivity index (χ3n) is 4.45. The number of thiophene rings is 1. The molecule has 0 saturated heterocycles. The van der Waals surface area contributed by atoms with Crippen LogP contribution in [0.2, 0.25) is 0 Å². The van der Waals surface area contributed by atoms with Crippen LogP contribution < -0.4 is 4.31 Å². The number of nitrogens with one attached hydrogen (secondary N) is 1. The van der Waals surface area contributed by atoms with E-state index in [4.69, 9.17) is 0 Å². The Morgan fingerprint density at radius 2 is 1.93 bits per heavy atom. The summed E-state index contributed by atoms with van der Waals surface area (Å²) >= 11 is 1.56. The highest BCUT2D eigenvalue weighted by Gasteiger charge is 2.23. The number of hydrogen-bond donors (Lipinski definition) is 1. The summed E-state index contributed by atoms with van der Waals surface area (Å²) in [6, 6.07) is 10.7. The van der Waals surface area contributed by atoms with Gasteiger partial charge >= 0.3 is 0 Å². The van der Waals surface area contributed by atoms with Crippen molar-refractivity contribution in [2.45, 2.75) is 33.2 Å². The Hall–Kier alpha value is -2.45. The van der Waals surface area contributed by atoms with Crippen LogP contribution in [-0.2, 0) is 16.6 Å². The van der Waals surface area contributed by atoms with Crippen molar-refractivity contribution in [3.8, 4) is 10.6 Å². The largest absolute Gasteiger partial charge is 0.294 e. The Labute approximate surface area is 169 Å². The first kappa shape index (κ1) is 20.3. The molecule has 0 aliphatic carbocycles. The van der Waals surface area contributed by atoms with Gasteiger partial charge in [-0.05, 0) is 49.1 Å². The van der Waals surface area contributed by atoms with E-state index in [0.29, 0.717) is 17.7 Å². The molecule has 2 heterocycles. The second-order valence-electron chi connectivity index (χ2n) is 6.37. The smallest absolute Gasteiger partial charge is 0.235 e. The molecule has 0 unspecified atom stereocenters. The second-order valence-corrected chi connectivity index (χ2v) is 9.50. The number of ketones is 1. The lowest BCUT2D eigenvalue weighted by Gasteiger charge is -2.24. The number of carbonyl (C=O) groups is 1. The van der Waals surface area contributed by atoms with Crippen LogP contribution in [0.4, 0.5) is 5.69 Å². The van der Waals surface area contributed by atoms with E-state index in [0.717, 1.165) is 22.6 Å². The van der Waals surface area contributed by atoms with E-state index < -0.39 is 10.0 Å². The van der Waals surface area contributed by atoms with Gasteiger partial charge in [-0.2, -0.15) is 5.10 Å². The fourth-order valence-corrected chi connectivity index (χ4v) is 4.76. The molecular formula is C20H23N3O3S2. The average molecular weight is 418 g/mol. The van der Waals surface area contributed by atoms with Crippen molar-refractivity contribution in [1.82, 2.24) is 10.2 Å². The SMILES string of the molecule is CCCC(=O)c1ccc(N(Cc2cn[nH]c2-c2cccs2)S(=O)(=O)CC)cc1. The summed E-state index contributed by atoms with van der Waals surface area (Å²) in [7, 11) is -3.51. The summed E-state index contributed by atoms with van der Waals surface area (Å²) in [5.74, 6) is 0.0455. The lowest BCUT2D eigenvalue weighted by atomic mass is 10.1. The van der Waals surface area contributed by atoms with Crippen molar-refractivity contribution < 1.29 is 13.2 Å². The van der Waals surface area contributed by atoms with Gasteiger partial charge in [-0.3, -0.25) is 14.2 Å². The fourth-order valence-electron chi connectivity index (χ4n) is 2.91. The topological polar surface area (TPSA) is 83.1 Å². The molecule has 0 aliphatic rings. The van der Waals surface area contributed by atoms with Crippen molar-refractivity contribution in [2.24, 2.45) is 0 Å². The zero-order chi connectivity index (χ0) is 20.1. The molecule has 1 N–H and O–H groups in total. The van der Waals surface area contributed by atoms with E-state index in [1.54, 1.807) is 48.7 Å². The second kappa shape index (κ2) is 8.70. The van der Waals surface area contributed by atoms with Crippen molar-refractivity contribution >= 4 is 32.8 Å². The standard InChI is InChI=1S/C20H23N3O3S2/c1-3-6-18(24)15-8-10-17(11-9-15)23(28(25,26)4-2)14-16-13-21-22-20(16)19-7-5-12-27-19/h5,7-13H,3-4,6,14H2,1-2H3,(H,21,22). The third-order valence-corrected chi connectivity index (χ3v) is 7.08. The van der Waals surface area contributed by atoms with E-state index in [1.165, 1.54) is 4.31 Å². The molecule has 0 radical (unpaired) electrons. The molecule has 0 amide bonds. The quantitative estimate of drug-likeness (QED) is 0.521. The van der Waals surface area contributed by atoms with E-state index in [-0.39, 0.29) is 18.1 Å². The normalized spacial score (nSPS) is 11.5. The number of sulfonamides is 1. The van der Waals surface area contributed by atoms with Crippen LogP contribution in [0, 0.1) is 0 Å². The summed E-state index contributed by atoms with van der Waals surface area (Å²) in [6.07, 6.45) is 2.92. The minimum atomic E-state index is -3.51. The molecular weight excluding hydrogens is 394 g/mol. The summed E-state index contributed by atoms with van der Waals surface area (Å²) < 4.78 is 26.9. The van der Waals surface area contributed by atoms with Crippen molar-refractivity contribution in [3.05, 3.63) is 59.1 Å². The maximum atomic E-state index is 12.8. The Bertz CT molecular complexity index is 1020. The highest BCUT2D eigenvalue weighted by atomic mass is 32.2. The predicted molar refractivity (Wildman–Crippen MR) is 113 cm³/mol. The number of benzene rings is 1. The number of hydrogen-bond acceptors (Lipinski definition) is 5. The Morgan fingerprint density at radius 1 is 1.18 bits per heavy atom. The molecule has 3 aromatic rings. The molecule has 0 bridgehead atoms. The van der Waals surface area contributed by atoms with Gasteiger partial charge in [0.15, 0.2) is 5.78 Å². The van der Waals surface area contributed by atoms with Gasteiger partial charge in [0.05, 0.1) is 34.8 Å². The zero-order valence-corrected chi connectivity index (χ0v) is 17.5. The number of H-pyrrole nitrogens is 1. The van der Waals surface area contributed by atoms with Crippen molar-refractivity contribution in [3.63, 3.8) is 0 Å². The van der Waals surface area contributed by atoms with Crippen LogP contribution in [0.1, 0.15) is 42.6 Å². The van der Waals surface area contributed by atoms with Gasteiger partial charge in [-0.25, -0.2) is 8.42 Å². The van der Waals surface area contributed by atoms with Gasteiger partial charge in [-0.1, -0.05) is 13.0 Å². The van der Waals surface area contributed by atoms with Gasteiger partial charge < -0.3 is 0 Å². The molecule has 2 aromatic heterocycles. The maximum absolute atomic E-state index is 12.8. The molecule has 3 rings (SSSR count). The molecule has 148 valence electrons. The molecule has 0 atom stereocenters. The molecule has 0 spiro atoms. The van der Waals surface area contributed by atoms with Crippen LogP contribution in [0.3, 0.4) is 0 Å². The Balaban J connectivity index is 1.94. The van der Waals surface area contributed by atoms with Gasteiger partial charge in [0.1, 0.15) is 0 Å². The number of anilines is 1. The highest BCUT2D eigenvalue weighted by Crippen LogP contribution is 2.29. The van der Waals surface area contributed by atoms with Crippen LogP contribution in [0.25, 0.3) is 10.6 Å². The fraction of sp³-hybridized carbons (Fsp3) is 0.300. The highest BCUT2D eigenvalue weighted by molar-refractivity contribution is 7.92. The van der Waals surface area contributed by atoms with E-state index in [9.17, 15) is 13.2 Å². The first-order valence-corrected chi connectivity index (χ1v) is 11.6. The van der Waals surface area contributed by atoms with Gasteiger partial charge in [0, 0.05) is 17.5 Å². The molecule has 0 fully saturated rings.